The Labute approximate surface area is 99.3 Å². The van der Waals surface area contributed by atoms with Gasteiger partial charge in [-0.3, -0.25) is 0 Å². The molecule has 0 bridgehead atoms. The third-order valence-electron chi connectivity index (χ3n) is 1.35. The Morgan fingerprint density at radius 3 is 2.71 bits per heavy atom. The molecule has 0 aliphatic heterocycles. The number of rotatable bonds is 7. The van der Waals surface area contributed by atoms with E-state index in [1.54, 1.807) is 18.6 Å². The van der Waals surface area contributed by atoms with E-state index in [0.717, 1.165) is 0 Å². The van der Waals surface area contributed by atoms with Crippen molar-refractivity contribution >= 4 is 16.3 Å². The van der Waals surface area contributed by atoms with Crippen molar-refractivity contribution in [1.29, 1.82) is 0 Å². The van der Waals surface area contributed by atoms with Gasteiger partial charge in [0.15, 0.2) is 0 Å². The van der Waals surface area contributed by atoms with E-state index < -0.39 is 22.4 Å². The minimum Gasteiger partial charge on any atom is -0.446 e. The van der Waals surface area contributed by atoms with Gasteiger partial charge in [-0.05, 0) is 25.8 Å². The number of amides is 1. The summed E-state index contributed by atoms with van der Waals surface area (Å²) in [6, 6.07) is 0. The monoisotopic (exact) mass is 265 g/mol. The lowest BCUT2D eigenvalue weighted by Gasteiger charge is -2.10. The number of azide groups is 1. The Morgan fingerprint density at radius 1 is 1.53 bits per heavy atom. The van der Waals surface area contributed by atoms with Gasteiger partial charge in [0, 0.05) is 18.0 Å². The SMILES string of the molecule is CC(C)OC(=O)NS(=O)(=O)NCCCN=[N+]=[N-]. The minimum absolute atomic E-state index is 0.0588. The highest BCUT2D eigenvalue weighted by atomic mass is 32.2. The average Bonchev–Trinajstić information content (AvgIpc) is 2.14. The second kappa shape index (κ2) is 7.71. The normalized spacial score (nSPS) is 10.8. The zero-order chi connectivity index (χ0) is 13.3. The molecular formula is C7H15N5O4S. The first kappa shape index (κ1) is 15.5. The summed E-state index contributed by atoms with van der Waals surface area (Å²) in [6.07, 6.45) is -1.11. The molecule has 0 aliphatic carbocycles. The molecule has 17 heavy (non-hydrogen) atoms. The van der Waals surface area contributed by atoms with Gasteiger partial charge in [0.1, 0.15) is 0 Å². The molecular weight excluding hydrogens is 250 g/mol. The standard InChI is InChI=1S/C7H15N5O4S/c1-6(2)16-7(13)11-17(14,15)10-5-3-4-9-12-8/h6,10H,3-5H2,1-2H3,(H,11,13). The lowest BCUT2D eigenvalue weighted by atomic mass is 10.4. The fraction of sp³-hybridized carbons (Fsp3) is 0.857. The van der Waals surface area contributed by atoms with Crippen LogP contribution in [0.5, 0.6) is 0 Å². The lowest BCUT2D eigenvalue weighted by molar-refractivity contribution is 0.121. The van der Waals surface area contributed by atoms with Gasteiger partial charge in [-0.2, -0.15) is 13.1 Å². The number of hydrogen-bond acceptors (Lipinski definition) is 5. The van der Waals surface area contributed by atoms with Crippen LogP contribution >= 0.6 is 0 Å². The molecule has 0 heterocycles. The molecule has 0 atom stereocenters. The van der Waals surface area contributed by atoms with Gasteiger partial charge in [0.05, 0.1) is 6.10 Å². The third kappa shape index (κ3) is 9.42. The van der Waals surface area contributed by atoms with Crippen molar-refractivity contribution in [2.24, 2.45) is 5.11 Å². The smallest absolute Gasteiger partial charge is 0.422 e. The van der Waals surface area contributed by atoms with Gasteiger partial charge in [-0.15, -0.1) is 0 Å². The Balaban J connectivity index is 3.95. The lowest BCUT2D eigenvalue weighted by Crippen LogP contribution is -2.41. The molecule has 0 aliphatic rings. The van der Waals surface area contributed by atoms with Crippen molar-refractivity contribution in [2.75, 3.05) is 13.1 Å². The van der Waals surface area contributed by atoms with E-state index in [2.05, 4.69) is 19.5 Å². The van der Waals surface area contributed by atoms with Crippen molar-refractivity contribution in [3.8, 4) is 0 Å². The second-order valence-corrected chi connectivity index (χ2v) is 4.76. The third-order valence-corrected chi connectivity index (χ3v) is 2.37. The van der Waals surface area contributed by atoms with Gasteiger partial charge in [-0.1, -0.05) is 5.11 Å². The fourth-order valence-electron chi connectivity index (χ4n) is 0.785. The quantitative estimate of drug-likeness (QED) is 0.302. The highest BCUT2D eigenvalue weighted by Crippen LogP contribution is 1.90. The molecule has 1 amide bonds. The second-order valence-electron chi connectivity index (χ2n) is 3.26. The molecule has 0 saturated heterocycles. The number of carbonyl (C=O) groups excluding carboxylic acids is 1. The summed E-state index contributed by atoms with van der Waals surface area (Å²) in [5, 5.41) is 3.23. The summed E-state index contributed by atoms with van der Waals surface area (Å²) < 4.78 is 30.8. The maximum atomic E-state index is 11.2. The number of hydrogen-bond donors (Lipinski definition) is 2. The summed E-state index contributed by atoms with van der Waals surface area (Å²) in [5.74, 6) is 0. The van der Waals surface area contributed by atoms with E-state index in [4.69, 9.17) is 5.53 Å². The molecule has 2 N–H and O–H groups in total. The number of ether oxygens (including phenoxy) is 1. The Hall–Kier alpha value is -1.51. The first-order chi connectivity index (χ1) is 7.87. The number of nitrogens with one attached hydrogen (secondary N) is 2. The highest BCUT2D eigenvalue weighted by Gasteiger charge is 2.15. The average molecular weight is 265 g/mol. The van der Waals surface area contributed by atoms with Crippen LogP contribution in [0.4, 0.5) is 4.79 Å². The summed E-state index contributed by atoms with van der Waals surface area (Å²) in [5.41, 5.74) is 7.97. The van der Waals surface area contributed by atoms with Crippen molar-refractivity contribution in [2.45, 2.75) is 26.4 Å². The van der Waals surface area contributed by atoms with Crippen LogP contribution in [0, 0.1) is 0 Å². The van der Waals surface area contributed by atoms with Gasteiger partial charge in [0.2, 0.25) is 0 Å². The Morgan fingerprint density at radius 2 is 2.18 bits per heavy atom. The molecule has 0 aromatic heterocycles. The summed E-state index contributed by atoms with van der Waals surface area (Å²) in [6.45, 7) is 3.43. The molecule has 0 spiro atoms. The van der Waals surface area contributed by atoms with Crippen LogP contribution in [-0.4, -0.2) is 33.7 Å². The molecule has 9 nitrogen and oxygen atoms in total. The molecule has 10 heteroatoms. The topological polar surface area (TPSA) is 133 Å². The van der Waals surface area contributed by atoms with Crippen molar-refractivity contribution in [3.63, 3.8) is 0 Å². The van der Waals surface area contributed by atoms with Crippen LogP contribution in [0.15, 0.2) is 5.11 Å². The van der Waals surface area contributed by atoms with E-state index in [9.17, 15) is 13.2 Å². The molecule has 0 aromatic rings. The van der Waals surface area contributed by atoms with Crippen LogP contribution in [0.1, 0.15) is 20.3 Å². The van der Waals surface area contributed by atoms with E-state index in [1.807, 2.05) is 0 Å². The van der Waals surface area contributed by atoms with Crippen LogP contribution < -0.4 is 9.44 Å². The van der Waals surface area contributed by atoms with Crippen molar-refractivity contribution < 1.29 is 17.9 Å². The highest BCUT2D eigenvalue weighted by molar-refractivity contribution is 7.88. The molecule has 0 fully saturated rings. The molecule has 0 radical (unpaired) electrons. The van der Waals surface area contributed by atoms with Gasteiger partial charge in [0.25, 0.3) is 0 Å². The maximum Gasteiger partial charge on any atom is 0.422 e. The van der Waals surface area contributed by atoms with Crippen molar-refractivity contribution in [3.05, 3.63) is 10.4 Å². The maximum absolute atomic E-state index is 11.2. The summed E-state index contributed by atoms with van der Waals surface area (Å²) in [4.78, 5) is 13.5. The minimum atomic E-state index is -3.92. The van der Waals surface area contributed by atoms with E-state index in [-0.39, 0.29) is 13.1 Å². The van der Waals surface area contributed by atoms with E-state index in [0.29, 0.717) is 6.42 Å². The Bertz CT molecular complexity index is 387. The molecule has 0 unspecified atom stereocenters. The van der Waals surface area contributed by atoms with Crippen LogP contribution in [0.3, 0.4) is 0 Å². The first-order valence-electron chi connectivity index (χ1n) is 4.86. The van der Waals surface area contributed by atoms with Gasteiger partial charge < -0.3 is 4.74 Å². The van der Waals surface area contributed by atoms with Gasteiger partial charge in [-0.25, -0.2) is 9.52 Å². The predicted octanol–water partition coefficient (Wildman–Crippen LogP) is 0.656. The molecule has 0 saturated carbocycles. The molecule has 98 valence electrons. The summed E-state index contributed by atoms with van der Waals surface area (Å²) >= 11 is 0. The molecule has 0 aromatic carbocycles. The van der Waals surface area contributed by atoms with E-state index in [1.165, 1.54) is 0 Å². The summed E-state index contributed by atoms with van der Waals surface area (Å²) in [7, 11) is -3.92. The largest absolute Gasteiger partial charge is 0.446 e. The zero-order valence-corrected chi connectivity index (χ0v) is 10.4. The van der Waals surface area contributed by atoms with Crippen molar-refractivity contribution in [1.82, 2.24) is 9.44 Å². The fourth-order valence-corrected chi connectivity index (χ4v) is 1.54. The zero-order valence-electron chi connectivity index (χ0n) is 9.58. The van der Waals surface area contributed by atoms with Crippen LogP contribution in [-0.2, 0) is 14.9 Å². The number of nitrogens with zero attached hydrogens (tertiary/aromatic N) is 3. The van der Waals surface area contributed by atoms with Gasteiger partial charge >= 0.3 is 16.3 Å². The predicted molar refractivity (Wildman–Crippen MR) is 60.3 cm³/mol. The number of carbonyl (C=O) groups is 1. The first-order valence-corrected chi connectivity index (χ1v) is 6.34. The van der Waals surface area contributed by atoms with E-state index >= 15 is 0 Å². The Kier molecular flexibility index (Phi) is 7.03. The molecule has 0 rings (SSSR count). The van der Waals surface area contributed by atoms with Crippen LogP contribution in [0.25, 0.3) is 10.4 Å². The van der Waals surface area contributed by atoms with Crippen LogP contribution in [0.2, 0.25) is 0 Å².